The van der Waals surface area contributed by atoms with Gasteiger partial charge in [0.15, 0.2) is 23.0 Å². The Kier molecular flexibility index (Phi) is 5.62. The van der Waals surface area contributed by atoms with Gasteiger partial charge < -0.3 is 19.3 Å². The van der Waals surface area contributed by atoms with Gasteiger partial charge >= 0.3 is 0 Å². The van der Waals surface area contributed by atoms with Gasteiger partial charge in [-0.25, -0.2) is 0 Å². The zero-order chi connectivity index (χ0) is 22.2. The van der Waals surface area contributed by atoms with E-state index in [4.69, 9.17) is 25.8 Å². The molecule has 0 saturated carbocycles. The minimum absolute atomic E-state index is 0.168. The second-order valence-corrected chi connectivity index (χ2v) is 8.69. The van der Waals surface area contributed by atoms with Crippen LogP contribution in [0.15, 0.2) is 48.5 Å². The smallest absolute Gasteiger partial charge is 0.162 e. The summed E-state index contributed by atoms with van der Waals surface area (Å²) in [5.74, 6) is 2.11. The summed E-state index contributed by atoms with van der Waals surface area (Å²) in [4.78, 5) is 2.40. The van der Waals surface area contributed by atoms with Crippen LogP contribution in [0, 0.1) is 0 Å². The van der Waals surface area contributed by atoms with E-state index in [-0.39, 0.29) is 11.8 Å². The molecule has 3 aromatic carbocycles. The highest BCUT2D eigenvalue weighted by Crippen LogP contribution is 2.47. The molecule has 1 atom stereocenters. The molecule has 2 aliphatic rings. The summed E-state index contributed by atoms with van der Waals surface area (Å²) >= 11 is 6.60. The fourth-order valence-electron chi connectivity index (χ4n) is 4.85. The van der Waals surface area contributed by atoms with Crippen LogP contribution in [0.4, 0.5) is 0 Å². The molecule has 32 heavy (non-hydrogen) atoms. The number of nitrogens with zero attached hydrogens (tertiary/aromatic N) is 1. The highest BCUT2D eigenvalue weighted by atomic mass is 35.5. The van der Waals surface area contributed by atoms with Crippen LogP contribution in [0.5, 0.6) is 23.0 Å². The Morgan fingerprint density at radius 2 is 1.78 bits per heavy atom. The summed E-state index contributed by atoms with van der Waals surface area (Å²) in [6, 6.07) is 16.2. The van der Waals surface area contributed by atoms with Crippen molar-refractivity contribution in [1.82, 2.24) is 4.90 Å². The van der Waals surface area contributed by atoms with E-state index in [9.17, 15) is 5.11 Å². The summed E-state index contributed by atoms with van der Waals surface area (Å²) in [6.07, 6.45) is 1.64. The molecule has 0 bridgehead atoms. The van der Waals surface area contributed by atoms with Gasteiger partial charge in [0.2, 0.25) is 0 Å². The maximum atomic E-state index is 10.7. The normalized spacial score (nSPS) is 17.2. The third-order valence-corrected chi connectivity index (χ3v) is 6.88. The SMILES string of the molecule is COc1cc2c(cc1OCc1ccccc1)C1Cc3c(Cl)cc(OC)c(O)c3CN1CC2. The third-order valence-electron chi connectivity index (χ3n) is 6.54. The lowest BCUT2D eigenvalue weighted by atomic mass is 9.83. The summed E-state index contributed by atoms with van der Waals surface area (Å²) in [7, 11) is 3.23. The van der Waals surface area contributed by atoms with E-state index in [1.807, 2.05) is 30.3 Å². The maximum Gasteiger partial charge on any atom is 0.162 e. The minimum atomic E-state index is 0.168. The fraction of sp³-hybridized carbons (Fsp3) is 0.308. The Balaban J connectivity index is 1.49. The summed E-state index contributed by atoms with van der Waals surface area (Å²) < 4.78 is 17.1. The van der Waals surface area contributed by atoms with Crippen molar-refractivity contribution in [3.63, 3.8) is 0 Å². The second-order valence-electron chi connectivity index (χ2n) is 8.28. The van der Waals surface area contributed by atoms with Gasteiger partial charge in [0.05, 0.1) is 14.2 Å². The first kappa shape index (κ1) is 21.0. The Morgan fingerprint density at radius 1 is 1.00 bits per heavy atom. The van der Waals surface area contributed by atoms with Gasteiger partial charge in [-0.1, -0.05) is 41.9 Å². The van der Waals surface area contributed by atoms with Crippen molar-refractivity contribution < 1.29 is 19.3 Å². The number of ether oxygens (including phenoxy) is 3. The van der Waals surface area contributed by atoms with Crippen LogP contribution in [0.1, 0.15) is 33.9 Å². The van der Waals surface area contributed by atoms with E-state index in [1.54, 1.807) is 20.3 Å². The molecule has 0 spiro atoms. The topological polar surface area (TPSA) is 51.2 Å². The standard InChI is InChI=1S/C26H26ClNO4/c1-30-23-10-17-8-9-28-14-20-19(21(27)13-25(31-2)26(20)29)11-22(28)18(17)12-24(23)32-15-16-6-4-3-5-7-16/h3-7,10,12-13,22,29H,8-9,11,14-15H2,1-2H3. The molecule has 5 nitrogen and oxygen atoms in total. The molecule has 2 heterocycles. The number of hydrogen-bond donors (Lipinski definition) is 1. The minimum Gasteiger partial charge on any atom is -0.504 e. The van der Waals surface area contributed by atoms with Gasteiger partial charge in [-0.2, -0.15) is 0 Å². The Labute approximate surface area is 193 Å². The van der Waals surface area contributed by atoms with Crippen LogP contribution < -0.4 is 14.2 Å². The first-order valence-electron chi connectivity index (χ1n) is 10.8. The quantitative estimate of drug-likeness (QED) is 0.570. The van der Waals surface area contributed by atoms with Crippen LogP contribution in [-0.2, 0) is 26.0 Å². The number of hydrogen-bond acceptors (Lipinski definition) is 5. The molecule has 0 aliphatic carbocycles. The number of methoxy groups -OCH3 is 2. The molecule has 5 rings (SSSR count). The van der Waals surface area contributed by atoms with Crippen molar-refractivity contribution in [3.8, 4) is 23.0 Å². The number of phenols is 1. The molecule has 166 valence electrons. The highest BCUT2D eigenvalue weighted by molar-refractivity contribution is 6.31. The molecule has 0 amide bonds. The molecule has 1 N–H and O–H groups in total. The number of benzene rings is 3. The summed E-state index contributed by atoms with van der Waals surface area (Å²) in [5.41, 5.74) is 5.46. The van der Waals surface area contributed by atoms with Gasteiger partial charge in [0.25, 0.3) is 0 Å². The Hall–Kier alpha value is -2.89. The maximum absolute atomic E-state index is 10.7. The molecule has 0 aromatic heterocycles. The molecule has 6 heteroatoms. The first-order chi connectivity index (χ1) is 15.6. The lowest BCUT2D eigenvalue weighted by Crippen LogP contribution is -2.39. The van der Waals surface area contributed by atoms with Crippen molar-refractivity contribution >= 4 is 11.6 Å². The van der Waals surface area contributed by atoms with Crippen LogP contribution in [0.2, 0.25) is 5.02 Å². The van der Waals surface area contributed by atoms with E-state index in [0.717, 1.165) is 47.6 Å². The molecule has 0 fully saturated rings. The molecule has 3 aromatic rings. The fourth-order valence-corrected chi connectivity index (χ4v) is 5.14. The average Bonchev–Trinajstić information content (AvgIpc) is 2.84. The van der Waals surface area contributed by atoms with Crippen LogP contribution in [0.3, 0.4) is 0 Å². The van der Waals surface area contributed by atoms with E-state index in [0.29, 0.717) is 23.9 Å². The van der Waals surface area contributed by atoms with Gasteiger partial charge in [-0.05, 0) is 47.2 Å². The first-order valence-corrected chi connectivity index (χ1v) is 11.2. The van der Waals surface area contributed by atoms with Crippen molar-refractivity contribution in [2.75, 3.05) is 20.8 Å². The van der Waals surface area contributed by atoms with E-state index >= 15 is 0 Å². The van der Waals surface area contributed by atoms with Crippen molar-refractivity contribution in [3.05, 3.63) is 81.4 Å². The van der Waals surface area contributed by atoms with Gasteiger partial charge in [0.1, 0.15) is 6.61 Å². The van der Waals surface area contributed by atoms with E-state index in [1.165, 1.54) is 11.1 Å². The number of fused-ring (bicyclic) bond motifs is 4. The van der Waals surface area contributed by atoms with Crippen LogP contribution >= 0.6 is 11.6 Å². The second kappa shape index (κ2) is 8.57. The van der Waals surface area contributed by atoms with Gasteiger partial charge in [-0.15, -0.1) is 0 Å². The third kappa shape index (κ3) is 3.65. The van der Waals surface area contributed by atoms with Crippen molar-refractivity contribution in [2.45, 2.75) is 32.0 Å². The zero-order valence-corrected chi connectivity index (χ0v) is 19.0. The van der Waals surface area contributed by atoms with Crippen LogP contribution in [0.25, 0.3) is 0 Å². The van der Waals surface area contributed by atoms with Crippen LogP contribution in [-0.4, -0.2) is 30.8 Å². The number of aromatic hydroxyl groups is 1. The molecule has 0 radical (unpaired) electrons. The molecular weight excluding hydrogens is 426 g/mol. The summed E-state index contributed by atoms with van der Waals surface area (Å²) in [5, 5.41) is 11.3. The monoisotopic (exact) mass is 451 g/mol. The van der Waals surface area contributed by atoms with Crippen molar-refractivity contribution in [1.29, 1.82) is 0 Å². The molecular formula is C26H26ClNO4. The Bertz CT molecular complexity index is 1150. The predicted octanol–water partition coefficient (Wildman–Crippen LogP) is 5.30. The van der Waals surface area contributed by atoms with Gasteiger partial charge in [0, 0.05) is 35.8 Å². The molecule has 1 unspecified atom stereocenters. The lowest BCUT2D eigenvalue weighted by molar-refractivity contribution is 0.157. The number of phenolic OH excluding ortho intramolecular Hbond substituents is 1. The largest absolute Gasteiger partial charge is 0.504 e. The predicted molar refractivity (Wildman–Crippen MR) is 124 cm³/mol. The summed E-state index contributed by atoms with van der Waals surface area (Å²) in [6.45, 7) is 2.01. The average molecular weight is 452 g/mol. The molecule has 0 saturated heterocycles. The number of halogens is 1. The van der Waals surface area contributed by atoms with Gasteiger partial charge in [-0.3, -0.25) is 4.90 Å². The Morgan fingerprint density at radius 3 is 2.53 bits per heavy atom. The number of rotatable bonds is 5. The van der Waals surface area contributed by atoms with E-state index in [2.05, 4.69) is 17.0 Å². The van der Waals surface area contributed by atoms with E-state index < -0.39 is 0 Å². The highest BCUT2D eigenvalue weighted by Gasteiger charge is 2.36. The lowest BCUT2D eigenvalue weighted by Gasteiger charge is -2.42. The zero-order valence-electron chi connectivity index (χ0n) is 18.2. The molecule has 2 aliphatic heterocycles. The van der Waals surface area contributed by atoms with Crippen molar-refractivity contribution in [2.24, 2.45) is 0 Å².